The van der Waals surface area contributed by atoms with Gasteiger partial charge in [-0.05, 0) is 31.4 Å². The zero-order valence-electron chi connectivity index (χ0n) is 12.6. The quantitative estimate of drug-likeness (QED) is 0.899. The van der Waals surface area contributed by atoms with Gasteiger partial charge in [0.2, 0.25) is 0 Å². The minimum atomic E-state index is -4.60. The first-order chi connectivity index (χ1) is 10.2. The molecule has 1 saturated heterocycles. The van der Waals surface area contributed by atoms with E-state index in [1.54, 1.807) is 17.0 Å². The summed E-state index contributed by atoms with van der Waals surface area (Å²) in [6.07, 6.45) is -5.33. The van der Waals surface area contributed by atoms with E-state index in [2.05, 4.69) is 0 Å². The largest absolute Gasteiger partial charge is 0.504 e. The van der Waals surface area contributed by atoms with E-state index in [9.17, 15) is 23.4 Å². The van der Waals surface area contributed by atoms with Crippen molar-refractivity contribution in [2.24, 2.45) is 0 Å². The van der Waals surface area contributed by atoms with Crippen molar-refractivity contribution in [1.82, 2.24) is 4.90 Å². The number of hydrogen-bond acceptors (Lipinski definition) is 4. The Bertz CT molecular complexity index is 538. The van der Waals surface area contributed by atoms with Crippen LogP contribution in [0.4, 0.5) is 13.2 Å². The molecular formula is C15H20F3NO3. The van der Waals surface area contributed by atoms with Crippen molar-refractivity contribution in [2.75, 3.05) is 20.2 Å². The molecule has 124 valence electrons. The van der Waals surface area contributed by atoms with E-state index in [4.69, 9.17) is 4.74 Å². The summed E-state index contributed by atoms with van der Waals surface area (Å²) >= 11 is 0. The van der Waals surface area contributed by atoms with E-state index < -0.39 is 11.8 Å². The number of ether oxygens (including phenoxy) is 1. The Hall–Kier alpha value is -1.47. The van der Waals surface area contributed by atoms with Gasteiger partial charge in [-0.15, -0.1) is 0 Å². The van der Waals surface area contributed by atoms with Crippen LogP contribution in [0.5, 0.6) is 11.5 Å². The smallest absolute Gasteiger partial charge is 0.417 e. The minimum absolute atomic E-state index is 0.00440. The molecule has 1 aliphatic rings. The second-order valence-corrected chi connectivity index (χ2v) is 5.78. The molecule has 0 bridgehead atoms. The first-order valence-electron chi connectivity index (χ1n) is 7.04. The Balaban J connectivity index is 2.07. The van der Waals surface area contributed by atoms with Gasteiger partial charge in [-0.1, -0.05) is 6.07 Å². The summed E-state index contributed by atoms with van der Waals surface area (Å²) in [4.78, 5) is 1.79. The number of phenols is 1. The molecule has 0 radical (unpaired) electrons. The summed E-state index contributed by atoms with van der Waals surface area (Å²) in [5.41, 5.74) is -1.10. The number of likely N-dealkylation sites (tertiary alicyclic amines) is 1. The first-order valence-corrected chi connectivity index (χ1v) is 7.04. The third-order valence-electron chi connectivity index (χ3n) is 4.12. The summed E-state index contributed by atoms with van der Waals surface area (Å²) in [5.74, 6) is 0.351. The number of methoxy groups -OCH3 is 1. The van der Waals surface area contributed by atoms with Crippen LogP contribution in [-0.2, 0) is 6.54 Å². The van der Waals surface area contributed by atoms with E-state index in [1.807, 2.05) is 6.92 Å². The maximum absolute atomic E-state index is 12.8. The molecule has 1 fully saturated rings. The highest BCUT2D eigenvalue weighted by molar-refractivity contribution is 5.48. The van der Waals surface area contributed by atoms with Gasteiger partial charge in [0.25, 0.3) is 0 Å². The number of aromatic hydroxyl groups is 1. The summed E-state index contributed by atoms with van der Waals surface area (Å²) in [5, 5.41) is 19.7. The third-order valence-corrected chi connectivity index (χ3v) is 4.12. The highest BCUT2D eigenvalue weighted by atomic mass is 19.4. The van der Waals surface area contributed by atoms with Crippen molar-refractivity contribution in [3.63, 3.8) is 0 Å². The number of rotatable bonds is 3. The van der Waals surface area contributed by atoms with Gasteiger partial charge in [0, 0.05) is 25.2 Å². The van der Waals surface area contributed by atoms with Crippen molar-refractivity contribution in [3.8, 4) is 11.5 Å². The van der Waals surface area contributed by atoms with Crippen molar-refractivity contribution >= 4 is 0 Å². The van der Waals surface area contributed by atoms with Gasteiger partial charge in [0.15, 0.2) is 17.1 Å². The number of halogens is 3. The molecule has 0 aliphatic carbocycles. The van der Waals surface area contributed by atoms with Crippen LogP contribution in [0.1, 0.15) is 24.0 Å². The molecule has 4 nitrogen and oxygen atoms in total. The second kappa shape index (κ2) is 5.96. The Kier molecular flexibility index (Phi) is 4.58. The van der Waals surface area contributed by atoms with E-state index in [-0.39, 0.29) is 31.7 Å². The Morgan fingerprint density at radius 1 is 1.27 bits per heavy atom. The SMILES string of the molecule is COc1cc(C)cc(CN2CCC(O)(C(F)(F)F)CC2)c1O. The van der Waals surface area contributed by atoms with Crippen LogP contribution < -0.4 is 4.74 Å². The third kappa shape index (κ3) is 3.30. The van der Waals surface area contributed by atoms with E-state index >= 15 is 0 Å². The fourth-order valence-corrected chi connectivity index (χ4v) is 2.70. The Morgan fingerprint density at radius 3 is 2.36 bits per heavy atom. The number of piperidine rings is 1. The maximum atomic E-state index is 12.8. The van der Waals surface area contributed by atoms with Crippen LogP contribution >= 0.6 is 0 Å². The number of hydrogen-bond donors (Lipinski definition) is 2. The van der Waals surface area contributed by atoms with Gasteiger partial charge in [-0.25, -0.2) is 0 Å². The van der Waals surface area contributed by atoms with Crippen molar-refractivity contribution < 1.29 is 28.1 Å². The van der Waals surface area contributed by atoms with Crippen LogP contribution in [0.15, 0.2) is 12.1 Å². The van der Waals surface area contributed by atoms with Gasteiger partial charge >= 0.3 is 6.18 Å². The number of alkyl halides is 3. The fraction of sp³-hybridized carbons (Fsp3) is 0.600. The standard InChI is InChI=1S/C15H20F3NO3/c1-10-7-11(13(20)12(8-10)22-2)9-19-5-3-14(21,4-6-19)15(16,17)18/h7-8,20-21H,3-6,9H2,1-2H3. The molecule has 1 aromatic carbocycles. The van der Waals surface area contributed by atoms with Crippen LogP contribution in [0, 0.1) is 6.92 Å². The van der Waals surface area contributed by atoms with Gasteiger partial charge in [-0.3, -0.25) is 4.90 Å². The summed E-state index contributed by atoms with van der Waals surface area (Å²) in [6, 6.07) is 3.47. The Morgan fingerprint density at radius 2 is 1.86 bits per heavy atom. The predicted molar refractivity (Wildman–Crippen MR) is 74.9 cm³/mol. The normalized spacial score (nSPS) is 19.2. The minimum Gasteiger partial charge on any atom is -0.504 e. The molecule has 0 amide bonds. The Labute approximate surface area is 127 Å². The number of benzene rings is 1. The molecule has 0 saturated carbocycles. The summed E-state index contributed by atoms with van der Waals surface area (Å²) in [7, 11) is 1.45. The van der Waals surface area contributed by atoms with E-state index in [0.717, 1.165) is 5.56 Å². The van der Waals surface area contributed by atoms with Crippen LogP contribution in [0.3, 0.4) is 0 Å². The average molecular weight is 319 g/mol. The molecule has 2 rings (SSSR count). The van der Waals surface area contributed by atoms with Gasteiger partial charge in [0.1, 0.15) is 0 Å². The topological polar surface area (TPSA) is 52.9 Å². The second-order valence-electron chi connectivity index (χ2n) is 5.78. The summed E-state index contributed by atoms with van der Waals surface area (Å²) in [6.45, 7) is 2.40. The lowest BCUT2D eigenvalue weighted by atomic mass is 9.90. The van der Waals surface area contributed by atoms with Crippen molar-refractivity contribution in [1.29, 1.82) is 0 Å². The molecule has 0 aromatic heterocycles. The monoisotopic (exact) mass is 319 g/mol. The van der Waals surface area contributed by atoms with Crippen molar-refractivity contribution in [2.45, 2.75) is 38.1 Å². The first kappa shape index (κ1) is 16.9. The molecule has 1 aliphatic heterocycles. The molecule has 0 unspecified atom stereocenters. The molecule has 2 N–H and O–H groups in total. The van der Waals surface area contributed by atoms with Crippen molar-refractivity contribution in [3.05, 3.63) is 23.3 Å². The number of aryl methyl sites for hydroxylation is 1. The van der Waals surface area contributed by atoms with Gasteiger partial charge in [0.05, 0.1) is 7.11 Å². The number of nitrogens with zero attached hydrogens (tertiary/aromatic N) is 1. The lowest BCUT2D eigenvalue weighted by Gasteiger charge is -2.39. The molecule has 22 heavy (non-hydrogen) atoms. The predicted octanol–water partition coefficient (Wildman–Crippen LogP) is 2.60. The zero-order valence-corrected chi connectivity index (χ0v) is 12.6. The lowest BCUT2D eigenvalue weighted by Crippen LogP contribution is -2.53. The maximum Gasteiger partial charge on any atom is 0.417 e. The fourth-order valence-electron chi connectivity index (χ4n) is 2.70. The molecule has 0 atom stereocenters. The van der Waals surface area contributed by atoms with Gasteiger partial charge < -0.3 is 14.9 Å². The van der Waals surface area contributed by atoms with E-state index in [1.165, 1.54) is 7.11 Å². The lowest BCUT2D eigenvalue weighted by molar-refractivity contribution is -0.272. The van der Waals surface area contributed by atoms with E-state index in [0.29, 0.717) is 17.9 Å². The molecule has 0 spiro atoms. The molecular weight excluding hydrogens is 299 g/mol. The molecule has 1 aromatic rings. The average Bonchev–Trinajstić information content (AvgIpc) is 2.43. The zero-order chi connectivity index (χ0) is 16.5. The number of aliphatic hydroxyl groups is 1. The van der Waals surface area contributed by atoms with Crippen LogP contribution in [0.25, 0.3) is 0 Å². The highest BCUT2D eigenvalue weighted by Gasteiger charge is 2.54. The summed E-state index contributed by atoms with van der Waals surface area (Å²) < 4.78 is 43.4. The van der Waals surface area contributed by atoms with Crippen LogP contribution in [-0.4, -0.2) is 47.1 Å². The highest BCUT2D eigenvalue weighted by Crippen LogP contribution is 2.39. The molecule has 7 heteroatoms. The number of phenolic OH excluding ortho intramolecular Hbond substituents is 1. The van der Waals surface area contributed by atoms with Crippen LogP contribution in [0.2, 0.25) is 0 Å². The van der Waals surface area contributed by atoms with Gasteiger partial charge in [-0.2, -0.15) is 13.2 Å². The molecule has 1 heterocycles.